The van der Waals surface area contributed by atoms with Crippen LogP contribution in [-0.4, -0.2) is 56.8 Å². The van der Waals surface area contributed by atoms with Crippen LogP contribution in [0.5, 0.6) is 0 Å². The minimum atomic E-state index is -3.42. The van der Waals surface area contributed by atoms with Crippen LogP contribution >= 0.6 is 23.2 Å². The molecule has 1 N–H and O–H groups in total. The van der Waals surface area contributed by atoms with Crippen molar-refractivity contribution in [2.24, 2.45) is 0 Å². The summed E-state index contributed by atoms with van der Waals surface area (Å²) in [4.78, 5) is 21.7. The third-order valence-electron chi connectivity index (χ3n) is 7.56. The topological polar surface area (TPSA) is 82.6 Å². The fourth-order valence-corrected chi connectivity index (χ4v) is 6.36. The van der Waals surface area contributed by atoms with Gasteiger partial charge >= 0.3 is 6.03 Å². The van der Waals surface area contributed by atoms with Gasteiger partial charge in [0, 0.05) is 42.5 Å². The molecule has 0 aliphatic carbocycles. The molecule has 3 aromatic rings. The first-order valence-corrected chi connectivity index (χ1v) is 15.4. The summed E-state index contributed by atoms with van der Waals surface area (Å²) < 4.78 is 24.7. The monoisotopic (exact) mass is 584 g/mol. The second kappa shape index (κ2) is 11.3. The van der Waals surface area contributed by atoms with Gasteiger partial charge in [0.2, 0.25) is 0 Å². The van der Waals surface area contributed by atoms with Gasteiger partial charge < -0.3 is 5.32 Å². The van der Waals surface area contributed by atoms with Crippen LogP contribution in [-0.2, 0) is 21.8 Å². The summed E-state index contributed by atoms with van der Waals surface area (Å²) in [5.41, 5.74) is 3.42. The number of aromatic nitrogens is 1. The molecule has 5 rings (SSSR count). The van der Waals surface area contributed by atoms with Crippen LogP contribution in [0.2, 0.25) is 10.2 Å². The minimum Gasteiger partial charge on any atom is -0.334 e. The highest BCUT2D eigenvalue weighted by Crippen LogP contribution is 2.47. The number of carbonyl (C=O) groups is 1. The summed E-state index contributed by atoms with van der Waals surface area (Å²) in [5, 5.41) is 4.05. The maximum Gasteiger partial charge on any atom is 0.322 e. The average Bonchev–Trinajstić information content (AvgIpc) is 3.22. The summed E-state index contributed by atoms with van der Waals surface area (Å²) in [6.07, 6.45) is 8.79. The number of halogens is 2. The third-order valence-corrected chi connectivity index (χ3v) is 9.13. The molecule has 2 amide bonds. The van der Waals surface area contributed by atoms with Crippen LogP contribution in [0.25, 0.3) is 6.08 Å². The van der Waals surface area contributed by atoms with Gasteiger partial charge in [0.25, 0.3) is 0 Å². The van der Waals surface area contributed by atoms with Crippen molar-refractivity contribution in [2.45, 2.75) is 29.7 Å². The molecule has 1 fully saturated rings. The SMILES string of the molecule is CS(=O)(=O)c1ccc2c(c1)N(C(=O)NCc1ccnc(Cl)c1)CC21CCN(CC=Cc2ccc(Cl)cc2)CC1. The van der Waals surface area contributed by atoms with E-state index in [0.29, 0.717) is 23.9 Å². The lowest BCUT2D eigenvalue weighted by Crippen LogP contribution is -2.47. The quantitative estimate of drug-likeness (QED) is 0.383. The maximum absolute atomic E-state index is 13.4. The van der Waals surface area contributed by atoms with E-state index < -0.39 is 9.84 Å². The highest BCUT2D eigenvalue weighted by molar-refractivity contribution is 7.90. The lowest BCUT2D eigenvalue weighted by molar-refractivity contribution is 0.180. The van der Waals surface area contributed by atoms with E-state index in [0.717, 1.165) is 54.2 Å². The Kier molecular flexibility index (Phi) is 8.01. The number of amides is 2. The number of anilines is 1. The van der Waals surface area contributed by atoms with Crippen LogP contribution < -0.4 is 10.2 Å². The first-order valence-electron chi connectivity index (χ1n) is 12.8. The normalized spacial score (nSPS) is 17.1. The number of benzene rings is 2. The second-order valence-electron chi connectivity index (χ2n) is 10.2. The number of pyridine rings is 1. The number of fused-ring (bicyclic) bond motifs is 2. The Bertz CT molecular complexity index is 1500. The first kappa shape index (κ1) is 27.6. The summed E-state index contributed by atoms with van der Waals surface area (Å²) in [7, 11) is -3.42. The Morgan fingerprint density at radius 1 is 1.08 bits per heavy atom. The number of rotatable bonds is 6. The molecular weight excluding hydrogens is 555 g/mol. The highest BCUT2D eigenvalue weighted by atomic mass is 35.5. The summed E-state index contributed by atoms with van der Waals surface area (Å²) in [6, 6.07) is 16.2. The Morgan fingerprint density at radius 2 is 1.82 bits per heavy atom. The Morgan fingerprint density at radius 3 is 2.51 bits per heavy atom. The van der Waals surface area contributed by atoms with Crippen molar-refractivity contribution in [3.63, 3.8) is 0 Å². The number of urea groups is 1. The molecule has 39 heavy (non-hydrogen) atoms. The molecule has 2 aromatic carbocycles. The molecule has 0 radical (unpaired) electrons. The molecule has 7 nitrogen and oxygen atoms in total. The Hall–Kier alpha value is -2.91. The number of nitrogens with one attached hydrogen (secondary N) is 1. The predicted octanol–water partition coefficient (Wildman–Crippen LogP) is 5.57. The van der Waals surface area contributed by atoms with Crippen LogP contribution in [0, 0.1) is 0 Å². The third kappa shape index (κ3) is 6.30. The van der Waals surface area contributed by atoms with Gasteiger partial charge in [0.05, 0.1) is 10.6 Å². The number of sulfone groups is 1. The van der Waals surface area contributed by atoms with Crippen molar-refractivity contribution in [1.82, 2.24) is 15.2 Å². The maximum atomic E-state index is 13.4. The molecule has 1 saturated heterocycles. The van der Waals surface area contributed by atoms with E-state index in [2.05, 4.69) is 27.4 Å². The van der Waals surface area contributed by atoms with Crippen LogP contribution in [0.15, 0.2) is 71.8 Å². The zero-order valence-corrected chi connectivity index (χ0v) is 23.9. The fourth-order valence-electron chi connectivity index (χ4n) is 5.40. The molecule has 0 saturated carbocycles. The van der Waals surface area contributed by atoms with Crippen LogP contribution in [0.4, 0.5) is 10.5 Å². The van der Waals surface area contributed by atoms with Gasteiger partial charge in [0.1, 0.15) is 5.15 Å². The molecule has 10 heteroatoms. The van der Waals surface area contributed by atoms with Crippen molar-refractivity contribution >= 4 is 50.8 Å². The van der Waals surface area contributed by atoms with E-state index >= 15 is 0 Å². The highest BCUT2D eigenvalue weighted by Gasteiger charge is 2.46. The summed E-state index contributed by atoms with van der Waals surface area (Å²) in [6.45, 7) is 3.38. The fraction of sp³-hybridized carbons (Fsp3) is 0.310. The Balaban J connectivity index is 1.31. The molecule has 204 valence electrons. The van der Waals surface area contributed by atoms with Crippen molar-refractivity contribution in [3.05, 3.63) is 93.7 Å². The second-order valence-corrected chi connectivity index (χ2v) is 13.1. The molecular formula is C29H30Cl2N4O3S. The van der Waals surface area contributed by atoms with E-state index in [9.17, 15) is 13.2 Å². The Labute approximate surface area is 239 Å². The molecule has 2 aliphatic heterocycles. The molecule has 3 heterocycles. The van der Waals surface area contributed by atoms with E-state index in [-0.39, 0.29) is 16.3 Å². The molecule has 1 spiro atoms. The van der Waals surface area contributed by atoms with Gasteiger partial charge in [-0.2, -0.15) is 0 Å². The van der Waals surface area contributed by atoms with Crippen molar-refractivity contribution in [1.29, 1.82) is 0 Å². The van der Waals surface area contributed by atoms with Gasteiger partial charge in [0.15, 0.2) is 9.84 Å². The molecule has 0 atom stereocenters. The average molecular weight is 586 g/mol. The number of likely N-dealkylation sites (tertiary alicyclic amines) is 1. The van der Waals surface area contributed by atoms with Gasteiger partial charge in [-0.25, -0.2) is 18.2 Å². The van der Waals surface area contributed by atoms with Gasteiger partial charge in [-0.3, -0.25) is 9.80 Å². The minimum absolute atomic E-state index is 0.210. The molecule has 1 aromatic heterocycles. The van der Waals surface area contributed by atoms with E-state index in [1.165, 1.54) is 6.26 Å². The van der Waals surface area contributed by atoms with E-state index in [4.69, 9.17) is 23.2 Å². The number of hydrogen-bond acceptors (Lipinski definition) is 5. The van der Waals surface area contributed by atoms with Crippen LogP contribution in [0.3, 0.4) is 0 Å². The van der Waals surface area contributed by atoms with Gasteiger partial charge in [-0.15, -0.1) is 0 Å². The van der Waals surface area contributed by atoms with Gasteiger partial charge in [-0.05, 0) is 79.0 Å². The number of nitrogens with zero attached hydrogens (tertiary/aromatic N) is 3. The van der Waals surface area contributed by atoms with Gasteiger partial charge in [-0.1, -0.05) is 53.6 Å². The van der Waals surface area contributed by atoms with Crippen LogP contribution in [0.1, 0.15) is 29.5 Å². The number of piperidine rings is 1. The zero-order valence-electron chi connectivity index (χ0n) is 21.6. The molecule has 0 bridgehead atoms. The van der Waals surface area contributed by atoms with Crippen molar-refractivity contribution in [3.8, 4) is 0 Å². The largest absolute Gasteiger partial charge is 0.334 e. The standard InChI is InChI=1S/C29H30Cl2N4O3S/c1-39(37,38)24-8-9-25-26(18-24)35(28(36)33-19-22-10-13-32-27(31)17-22)20-29(25)11-15-34(16-12-29)14-2-3-21-4-6-23(30)7-5-21/h2-10,13,17-18H,11-12,14-16,19-20H2,1H3,(H,33,36). The predicted molar refractivity (Wildman–Crippen MR) is 156 cm³/mol. The lowest BCUT2D eigenvalue weighted by atomic mass is 9.74. The smallest absolute Gasteiger partial charge is 0.322 e. The first-order chi connectivity index (χ1) is 18.6. The molecule has 2 aliphatic rings. The lowest BCUT2D eigenvalue weighted by Gasteiger charge is -2.39. The van der Waals surface area contributed by atoms with E-state index in [1.54, 1.807) is 35.4 Å². The summed E-state index contributed by atoms with van der Waals surface area (Å²) in [5.74, 6) is 0. The number of hydrogen-bond donors (Lipinski definition) is 1. The van der Waals surface area contributed by atoms with Crippen molar-refractivity contribution < 1.29 is 13.2 Å². The van der Waals surface area contributed by atoms with Crippen molar-refractivity contribution in [2.75, 3.05) is 37.3 Å². The number of carbonyl (C=O) groups excluding carboxylic acids is 1. The summed E-state index contributed by atoms with van der Waals surface area (Å²) >= 11 is 12.0. The zero-order chi connectivity index (χ0) is 27.6. The van der Waals surface area contributed by atoms with E-state index in [1.807, 2.05) is 30.3 Å². The molecule has 0 unspecified atom stereocenters.